The Labute approximate surface area is 178 Å². The van der Waals surface area contributed by atoms with Crippen LogP contribution in [0.4, 0.5) is 0 Å². The minimum Gasteiger partial charge on any atom is -0.491 e. The van der Waals surface area contributed by atoms with E-state index in [1.54, 1.807) is 11.3 Å². The van der Waals surface area contributed by atoms with Gasteiger partial charge >= 0.3 is 0 Å². The molecule has 0 aliphatic heterocycles. The lowest BCUT2D eigenvalue weighted by Crippen LogP contribution is -2.39. The standard InChI is InChI=1S/C22H34N4O2S/c1-7-23-21(25-13-20-26-19(14-29-20)22(4,5)6)24-12-18(27)16-9-8-10-17(11-16)28-15(2)3/h8-11,14-15,18,27H,7,12-13H2,1-6H3,(H2,23,24,25). The monoisotopic (exact) mass is 418 g/mol. The molecule has 7 heteroatoms. The van der Waals surface area contributed by atoms with Crippen LogP contribution in [-0.2, 0) is 12.0 Å². The summed E-state index contributed by atoms with van der Waals surface area (Å²) in [6.45, 7) is 14.0. The molecule has 160 valence electrons. The fourth-order valence-corrected chi connectivity index (χ4v) is 3.54. The first-order valence-electron chi connectivity index (χ1n) is 10.1. The van der Waals surface area contributed by atoms with E-state index in [0.717, 1.165) is 28.6 Å². The second-order valence-electron chi connectivity index (χ2n) is 8.21. The van der Waals surface area contributed by atoms with Crippen molar-refractivity contribution in [1.82, 2.24) is 15.6 Å². The van der Waals surface area contributed by atoms with Crippen molar-refractivity contribution in [2.45, 2.75) is 65.7 Å². The third-order valence-corrected chi connectivity index (χ3v) is 4.95. The van der Waals surface area contributed by atoms with Crippen LogP contribution in [0.3, 0.4) is 0 Å². The molecular weight excluding hydrogens is 384 g/mol. The molecule has 0 fully saturated rings. The smallest absolute Gasteiger partial charge is 0.191 e. The van der Waals surface area contributed by atoms with Crippen LogP contribution in [0.2, 0.25) is 0 Å². The molecule has 2 aromatic rings. The van der Waals surface area contributed by atoms with E-state index in [0.29, 0.717) is 19.0 Å². The number of hydrogen-bond donors (Lipinski definition) is 3. The van der Waals surface area contributed by atoms with E-state index >= 15 is 0 Å². The van der Waals surface area contributed by atoms with Gasteiger partial charge in [-0.15, -0.1) is 11.3 Å². The van der Waals surface area contributed by atoms with Crippen LogP contribution in [0.1, 0.15) is 63.9 Å². The van der Waals surface area contributed by atoms with Crippen LogP contribution in [0, 0.1) is 0 Å². The molecular formula is C22H34N4O2S. The lowest BCUT2D eigenvalue weighted by Gasteiger charge is -2.17. The van der Waals surface area contributed by atoms with Gasteiger partial charge in [-0.1, -0.05) is 32.9 Å². The highest BCUT2D eigenvalue weighted by Crippen LogP contribution is 2.24. The second-order valence-corrected chi connectivity index (χ2v) is 9.15. The zero-order chi connectivity index (χ0) is 21.4. The number of nitrogens with one attached hydrogen (secondary N) is 2. The fraction of sp³-hybridized carbons (Fsp3) is 0.545. The molecule has 1 heterocycles. The molecule has 3 N–H and O–H groups in total. The number of thiazole rings is 1. The molecule has 0 aliphatic carbocycles. The summed E-state index contributed by atoms with van der Waals surface area (Å²) in [4.78, 5) is 9.29. The average Bonchev–Trinajstić information content (AvgIpc) is 3.13. The van der Waals surface area contributed by atoms with Gasteiger partial charge < -0.3 is 20.5 Å². The Balaban J connectivity index is 1.97. The van der Waals surface area contributed by atoms with E-state index in [1.165, 1.54) is 0 Å². The summed E-state index contributed by atoms with van der Waals surface area (Å²) in [6.07, 6.45) is -0.570. The Kier molecular flexibility index (Phi) is 8.46. The van der Waals surface area contributed by atoms with E-state index in [4.69, 9.17) is 4.74 Å². The molecule has 1 aromatic carbocycles. The molecule has 0 amide bonds. The highest BCUT2D eigenvalue weighted by atomic mass is 32.1. The topological polar surface area (TPSA) is 78.8 Å². The summed E-state index contributed by atoms with van der Waals surface area (Å²) in [7, 11) is 0. The summed E-state index contributed by atoms with van der Waals surface area (Å²) in [5.41, 5.74) is 1.94. The van der Waals surface area contributed by atoms with Gasteiger partial charge in [0.05, 0.1) is 24.4 Å². The summed E-state index contributed by atoms with van der Waals surface area (Å²) >= 11 is 1.63. The first-order chi connectivity index (χ1) is 13.7. The Morgan fingerprint density at radius 1 is 1.28 bits per heavy atom. The molecule has 1 unspecified atom stereocenters. The molecule has 29 heavy (non-hydrogen) atoms. The predicted octanol–water partition coefficient (Wildman–Crippen LogP) is 4.02. The van der Waals surface area contributed by atoms with E-state index in [2.05, 4.69) is 46.8 Å². The van der Waals surface area contributed by atoms with Crippen molar-refractivity contribution in [3.63, 3.8) is 0 Å². The van der Waals surface area contributed by atoms with Crippen LogP contribution < -0.4 is 15.4 Å². The summed E-state index contributed by atoms with van der Waals surface area (Å²) in [6, 6.07) is 7.56. The first kappa shape index (κ1) is 23.2. The lowest BCUT2D eigenvalue weighted by atomic mass is 9.93. The van der Waals surface area contributed by atoms with Crippen molar-refractivity contribution >= 4 is 17.3 Å². The molecule has 6 nitrogen and oxygen atoms in total. The van der Waals surface area contributed by atoms with Crippen molar-refractivity contribution < 1.29 is 9.84 Å². The van der Waals surface area contributed by atoms with E-state index < -0.39 is 6.10 Å². The molecule has 0 radical (unpaired) electrons. The van der Waals surface area contributed by atoms with Crippen molar-refractivity contribution in [2.75, 3.05) is 13.1 Å². The maximum Gasteiger partial charge on any atom is 0.191 e. The molecule has 0 spiro atoms. The quantitative estimate of drug-likeness (QED) is 0.446. The van der Waals surface area contributed by atoms with Crippen molar-refractivity contribution in [2.24, 2.45) is 4.99 Å². The number of aromatic nitrogens is 1. The number of guanidine groups is 1. The molecule has 2 rings (SSSR count). The van der Waals surface area contributed by atoms with Gasteiger partial charge in [-0.25, -0.2) is 9.98 Å². The van der Waals surface area contributed by atoms with Gasteiger partial charge in [-0.05, 0) is 38.5 Å². The van der Waals surface area contributed by atoms with Gasteiger partial charge in [-0.3, -0.25) is 0 Å². The number of rotatable bonds is 8. The van der Waals surface area contributed by atoms with Crippen LogP contribution in [0.25, 0.3) is 0 Å². The molecule has 0 bridgehead atoms. The Morgan fingerprint density at radius 3 is 2.66 bits per heavy atom. The highest BCUT2D eigenvalue weighted by Gasteiger charge is 2.17. The largest absolute Gasteiger partial charge is 0.491 e. The molecule has 0 aliphatic rings. The zero-order valence-electron chi connectivity index (χ0n) is 18.3. The molecule has 1 atom stereocenters. The number of ether oxygens (including phenoxy) is 1. The van der Waals surface area contributed by atoms with E-state index in [9.17, 15) is 5.11 Å². The van der Waals surface area contributed by atoms with E-state index in [-0.39, 0.29) is 11.5 Å². The third-order valence-electron chi connectivity index (χ3n) is 4.11. The summed E-state index contributed by atoms with van der Waals surface area (Å²) < 4.78 is 5.71. The van der Waals surface area contributed by atoms with Crippen molar-refractivity contribution in [3.05, 3.63) is 45.9 Å². The Hall–Kier alpha value is -2.12. The van der Waals surface area contributed by atoms with Crippen LogP contribution in [0.15, 0.2) is 34.6 Å². The van der Waals surface area contributed by atoms with Crippen molar-refractivity contribution in [3.8, 4) is 5.75 Å². The molecule has 0 saturated carbocycles. The number of hydrogen-bond acceptors (Lipinski definition) is 5. The normalized spacial score (nSPS) is 13.4. The average molecular weight is 419 g/mol. The summed E-state index contributed by atoms with van der Waals surface area (Å²) in [5, 5.41) is 20.1. The third kappa shape index (κ3) is 7.66. The van der Waals surface area contributed by atoms with Crippen LogP contribution in [-0.4, -0.2) is 35.2 Å². The van der Waals surface area contributed by atoms with E-state index in [1.807, 2.05) is 45.0 Å². The number of aliphatic imine (C=N–C) groups is 1. The number of nitrogens with zero attached hydrogens (tertiary/aromatic N) is 2. The first-order valence-corrected chi connectivity index (χ1v) is 11.0. The van der Waals surface area contributed by atoms with Gasteiger partial charge in [0.1, 0.15) is 10.8 Å². The molecule has 0 saturated heterocycles. The Morgan fingerprint density at radius 2 is 2.03 bits per heavy atom. The van der Waals surface area contributed by atoms with Gasteiger partial charge in [0.25, 0.3) is 0 Å². The van der Waals surface area contributed by atoms with Gasteiger partial charge in [-0.2, -0.15) is 0 Å². The van der Waals surface area contributed by atoms with Gasteiger partial charge in [0, 0.05) is 23.9 Å². The number of aliphatic hydroxyl groups excluding tert-OH is 1. The number of benzene rings is 1. The zero-order valence-corrected chi connectivity index (χ0v) is 19.1. The number of aliphatic hydroxyl groups is 1. The van der Waals surface area contributed by atoms with Crippen molar-refractivity contribution in [1.29, 1.82) is 0 Å². The van der Waals surface area contributed by atoms with Gasteiger partial charge in [0.2, 0.25) is 0 Å². The fourth-order valence-electron chi connectivity index (χ4n) is 2.59. The van der Waals surface area contributed by atoms with Crippen LogP contribution in [0.5, 0.6) is 5.75 Å². The lowest BCUT2D eigenvalue weighted by molar-refractivity contribution is 0.179. The minimum absolute atomic E-state index is 0.0408. The maximum absolute atomic E-state index is 10.6. The Bertz CT molecular complexity index is 796. The maximum atomic E-state index is 10.6. The predicted molar refractivity (Wildman–Crippen MR) is 121 cm³/mol. The highest BCUT2D eigenvalue weighted by molar-refractivity contribution is 7.09. The molecule has 1 aromatic heterocycles. The minimum atomic E-state index is -0.665. The van der Waals surface area contributed by atoms with Gasteiger partial charge in [0.15, 0.2) is 5.96 Å². The second kappa shape index (κ2) is 10.6. The SMILES string of the molecule is CCNC(=NCc1nc(C(C)(C)C)cs1)NCC(O)c1cccc(OC(C)C)c1. The summed E-state index contributed by atoms with van der Waals surface area (Å²) in [5.74, 6) is 1.42. The van der Waals surface area contributed by atoms with Crippen LogP contribution >= 0.6 is 11.3 Å².